The first-order chi connectivity index (χ1) is 22.5. The van der Waals surface area contributed by atoms with Crippen LogP contribution in [0.15, 0.2) is 73.1 Å². The normalized spacial score (nSPS) is 13.0. The monoisotopic (exact) mass is 670 g/mol. The first kappa shape index (κ1) is 35.9. The van der Waals surface area contributed by atoms with Gasteiger partial charge in [-0.3, -0.25) is 14.4 Å². The number of aromatic nitrogens is 2. The molecule has 4 aromatic rings. The summed E-state index contributed by atoms with van der Waals surface area (Å²) >= 11 is 1.32. The minimum absolute atomic E-state index is 0.0591. The van der Waals surface area contributed by atoms with E-state index >= 15 is 0 Å². The average molecular weight is 671 g/mol. The number of carbonyl (C=O) groups excluding carboxylic acids is 2. The molecule has 0 aliphatic heterocycles. The minimum atomic E-state index is -1.43. The fourth-order valence-corrected chi connectivity index (χ4v) is 5.88. The van der Waals surface area contributed by atoms with Gasteiger partial charge in [0, 0.05) is 41.2 Å². The van der Waals surface area contributed by atoms with E-state index in [-0.39, 0.29) is 23.7 Å². The Hall–Kier alpha value is -4.90. The molecule has 0 unspecified atom stereocenters. The molecular weight excluding hydrogens is 628 g/mol. The highest BCUT2D eigenvalue weighted by atomic mass is 32.1. The number of benzene rings is 2. The third-order valence-corrected chi connectivity index (χ3v) is 9.35. The van der Waals surface area contributed by atoms with Crippen LogP contribution in [0.25, 0.3) is 22.5 Å². The number of thiophene rings is 1. The van der Waals surface area contributed by atoms with E-state index in [0.717, 1.165) is 21.6 Å². The zero-order chi connectivity index (χ0) is 35.2. The number of carboxylic acid groups (broad SMARTS) is 2. The molecule has 0 fully saturated rings. The van der Waals surface area contributed by atoms with Crippen molar-refractivity contribution in [2.45, 2.75) is 83.7 Å². The van der Waals surface area contributed by atoms with Crippen LogP contribution in [0.1, 0.15) is 80.1 Å². The van der Waals surface area contributed by atoms with Crippen LogP contribution in [-0.4, -0.2) is 56.0 Å². The summed E-state index contributed by atoms with van der Waals surface area (Å²) in [5.41, 5.74) is 4.50. The van der Waals surface area contributed by atoms with Gasteiger partial charge in [0.1, 0.15) is 12.1 Å². The second-order valence-electron chi connectivity index (χ2n) is 13.8. The molecule has 0 radical (unpaired) electrons. The number of rotatable bonds is 12. The number of nitrogens with zero attached hydrogens (tertiary/aromatic N) is 2. The standard InChI is InChI=1S/C37H42N4O6S/c1-36(2,3)26-13-11-23(12-14-26)25-20-38-32(39-21-25)24-9-7-22(8-10-24)19-28(33(44)40-27(35(46)47)15-18-31(42)43)41-34(45)29-16-17-30(48-29)37(4,5)6/h7-14,16-17,20-21,27-28H,15,18-19H2,1-6H3,(H,40,44)(H,41,45)(H,42,43)(H,46,47)/t27-,28-/m0/s1. The number of carbonyl (C=O) groups is 4. The molecule has 10 nitrogen and oxygen atoms in total. The molecule has 252 valence electrons. The molecule has 2 aromatic heterocycles. The van der Waals surface area contributed by atoms with Crippen molar-refractivity contribution in [3.63, 3.8) is 0 Å². The molecule has 2 atom stereocenters. The third kappa shape index (κ3) is 9.57. The van der Waals surface area contributed by atoms with Crippen LogP contribution in [0.3, 0.4) is 0 Å². The van der Waals surface area contributed by atoms with Crippen LogP contribution in [0, 0.1) is 0 Å². The molecule has 0 saturated heterocycles. The first-order valence-electron chi connectivity index (χ1n) is 15.7. The maximum absolute atomic E-state index is 13.4. The molecule has 2 heterocycles. The van der Waals surface area contributed by atoms with Gasteiger partial charge in [-0.2, -0.15) is 0 Å². The van der Waals surface area contributed by atoms with Crippen molar-refractivity contribution in [1.82, 2.24) is 20.6 Å². The van der Waals surface area contributed by atoms with E-state index in [0.29, 0.717) is 16.3 Å². The van der Waals surface area contributed by atoms with E-state index < -0.39 is 42.3 Å². The van der Waals surface area contributed by atoms with Crippen molar-refractivity contribution >= 4 is 35.1 Å². The summed E-state index contributed by atoms with van der Waals surface area (Å²) in [4.78, 5) is 60.0. The van der Waals surface area contributed by atoms with Crippen LogP contribution in [0.5, 0.6) is 0 Å². The Balaban J connectivity index is 1.51. The second kappa shape index (κ2) is 14.9. The summed E-state index contributed by atoms with van der Waals surface area (Å²) in [6.07, 6.45) is 2.87. The van der Waals surface area contributed by atoms with E-state index in [1.165, 1.54) is 16.9 Å². The van der Waals surface area contributed by atoms with Crippen LogP contribution >= 0.6 is 11.3 Å². The van der Waals surface area contributed by atoms with Crippen molar-refractivity contribution < 1.29 is 29.4 Å². The van der Waals surface area contributed by atoms with Gasteiger partial charge in [0.2, 0.25) is 5.91 Å². The fourth-order valence-electron chi connectivity index (χ4n) is 4.91. The first-order valence-corrected chi connectivity index (χ1v) is 16.5. The Morgan fingerprint density at radius 3 is 1.85 bits per heavy atom. The summed E-state index contributed by atoms with van der Waals surface area (Å²) in [6.45, 7) is 12.6. The smallest absolute Gasteiger partial charge is 0.326 e. The van der Waals surface area contributed by atoms with Crippen molar-refractivity contribution in [2.75, 3.05) is 0 Å². The minimum Gasteiger partial charge on any atom is -0.481 e. The van der Waals surface area contributed by atoms with Gasteiger partial charge in [-0.1, -0.05) is 90.1 Å². The molecule has 0 saturated carbocycles. The molecular formula is C37H42N4O6S. The van der Waals surface area contributed by atoms with E-state index in [1.54, 1.807) is 30.6 Å². The molecule has 48 heavy (non-hydrogen) atoms. The van der Waals surface area contributed by atoms with Gasteiger partial charge in [-0.15, -0.1) is 11.3 Å². The van der Waals surface area contributed by atoms with Gasteiger partial charge in [0.15, 0.2) is 5.82 Å². The highest BCUT2D eigenvalue weighted by molar-refractivity contribution is 7.14. The molecule has 4 rings (SSSR count). The lowest BCUT2D eigenvalue weighted by molar-refractivity contribution is -0.143. The number of hydrogen-bond acceptors (Lipinski definition) is 7. The molecule has 2 amide bonds. The van der Waals surface area contributed by atoms with Crippen LogP contribution in [-0.2, 0) is 31.6 Å². The zero-order valence-electron chi connectivity index (χ0n) is 28.0. The van der Waals surface area contributed by atoms with E-state index in [2.05, 4.69) is 65.6 Å². The third-order valence-electron chi connectivity index (χ3n) is 7.84. The summed E-state index contributed by atoms with van der Waals surface area (Å²) in [6, 6.07) is 16.6. The number of amides is 2. The number of aliphatic carboxylic acids is 2. The second-order valence-corrected chi connectivity index (χ2v) is 14.9. The topological polar surface area (TPSA) is 159 Å². The summed E-state index contributed by atoms with van der Waals surface area (Å²) in [7, 11) is 0. The Morgan fingerprint density at radius 1 is 0.729 bits per heavy atom. The van der Waals surface area contributed by atoms with Crippen molar-refractivity contribution in [2.24, 2.45) is 0 Å². The molecule has 0 aliphatic rings. The van der Waals surface area contributed by atoms with Crippen LogP contribution < -0.4 is 10.6 Å². The molecule has 4 N–H and O–H groups in total. The maximum atomic E-state index is 13.4. The highest BCUT2D eigenvalue weighted by Crippen LogP contribution is 2.30. The molecule has 11 heteroatoms. The Morgan fingerprint density at radius 2 is 1.33 bits per heavy atom. The van der Waals surface area contributed by atoms with Gasteiger partial charge in [0.25, 0.3) is 5.91 Å². The molecule has 2 aromatic carbocycles. The Labute approximate surface area is 284 Å². The van der Waals surface area contributed by atoms with Crippen molar-refractivity contribution in [3.05, 3.63) is 93.9 Å². The molecule has 0 bridgehead atoms. The van der Waals surface area contributed by atoms with E-state index in [4.69, 9.17) is 5.11 Å². The van der Waals surface area contributed by atoms with Gasteiger partial charge in [0.05, 0.1) is 4.88 Å². The van der Waals surface area contributed by atoms with Crippen LogP contribution in [0.2, 0.25) is 0 Å². The number of hydrogen-bond donors (Lipinski definition) is 4. The lowest BCUT2D eigenvalue weighted by Crippen LogP contribution is -2.52. The zero-order valence-corrected chi connectivity index (χ0v) is 28.9. The molecule has 0 aliphatic carbocycles. The van der Waals surface area contributed by atoms with Crippen molar-refractivity contribution in [3.8, 4) is 22.5 Å². The summed E-state index contributed by atoms with van der Waals surface area (Å²) < 4.78 is 0. The van der Waals surface area contributed by atoms with E-state index in [1.807, 2.05) is 39.0 Å². The maximum Gasteiger partial charge on any atom is 0.326 e. The summed E-state index contributed by atoms with van der Waals surface area (Å²) in [5.74, 6) is -3.21. The average Bonchev–Trinajstić information content (AvgIpc) is 3.54. The predicted octanol–water partition coefficient (Wildman–Crippen LogP) is 6.24. The highest BCUT2D eigenvalue weighted by Gasteiger charge is 2.28. The lowest BCUT2D eigenvalue weighted by atomic mass is 9.86. The number of nitrogens with one attached hydrogen (secondary N) is 2. The quantitative estimate of drug-likeness (QED) is 0.138. The predicted molar refractivity (Wildman–Crippen MR) is 186 cm³/mol. The Kier molecular flexibility index (Phi) is 11.2. The van der Waals surface area contributed by atoms with Crippen LogP contribution in [0.4, 0.5) is 0 Å². The summed E-state index contributed by atoms with van der Waals surface area (Å²) in [5, 5.41) is 23.8. The number of carboxylic acids is 2. The van der Waals surface area contributed by atoms with Gasteiger partial charge in [-0.25, -0.2) is 14.8 Å². The Bertz CT molecular complexity index is 1750. The SMILES string of the molecule is CC(C)(C)c1ccc(-c2cnc(-c3ccc(C[C@H](NC(=O)c4ccc(C(C)(C)C)s4)C(=O)N[C@@H](CCC(=O)O)C(=O)O)cc3)nc2)cc1. The lowest BCUT2D eigenvalue weighted by Gasteiger charge is -2.21. The van der Waals surface area contributed by atoms with E-state index in [9.17, 15) is 24.3 Å². The van der Waals surface area contributed by atoms with Gasteiger partial charge >= 0.3 is 11.9 Å². The van der Waals surface area contributed by atoms with Gasteiger partial charge in [-0.05, 0) is 46.1 Å². The fraction of sp³-hybridized carbons (Fsp3) is 0.351. The molecule has 0 spiro atoms. The van der Waals surface area contributed by atoms with Gasteiger partial charge < -0.3 is 20.8 Å². The van der Waals surface area contributed by atoms with Crippen molar-refractivity contribution in [1.29, 1.82) is 0 Å². The largest absolute Gasteiger partial charge is 0.481 e.